The third kappa shape index (κ3) is 22.4. The van der Waals surface area contributed by atoms with Crippen molar-refractivity contribution in [2.45, 2.75) is 103 Å². The summed E-state index contributed by atoms with van der Waals surface area (Å²) in [5.41, 5.74) is 0. The molecule has 0 spiro atoms. The van der Waals surface area contributed by atoms with Crippen LogP contribution in [0.15, 0.2) is 48.6 Å². The van der Waals surface area contributed by atoms with Crippen molar-refractivity contribution in [3.8, 4) is 0 Å². The van der Waals surface area contributed by atoms with E-state index in [1.165, 1.54) is 38.5 Å². The average Bonchev–Trinajstić information content (AvgIpc) is 2.77. The molecule has 6 nitrogen and oxygen atoms in total. The lowest BCUT2D eigenvalue weighted by atomic mass is 10.1. The van der Waals surface area contributed by atoms with Gasteiger partial charge in [0.1, 0.15) is 6.04 Å². The predicted octanol–water partition coefficient (Wildman–Crippen LogP) is 6.35. The van der Waals surface area contributed by atoms with E-state index in [9.17, 15) is 14.4 Å². The number of carboxylic acid groups (broad SMARTS) is 2. The van der Waals surface area contributed by atoms with Gasteiger partial charge in [-0.2, -0.15) is 0 Å². The molecule has 0 radical (unpaired) electrons. The van der Waals surface area contributed by atoms with Crippen LogP contribution >= 0.6 is 0 Å². The van der Waals surface area contributed by atoms with Gasteiger partial charge in [-0.25, -0.2) is 4.79 Å². The number of amides is 1. The fraction of sp³-hybridized carbons (Fsp3) is 0.593. The third-order valence-electron chi connectivity index (χ3n) is 5.01. The van der Waals surface area contributed by atoms with Gasteiger partial charge in [0, 0.05) is 12.8 Å². The fourth-order valence-electron chi connectivity index (χ4n) is 3.09. The average molecular weight is 462 g/mol. The molecule has 0 aliphatic rings. The maximum absolute atomic E-state index is 11.8. The van der Waals surface area contributed by atoms with E-state index in [-0.39, 0.29) is 25.2 Å². The highest BCUT2D eigenvalue weighted by Crippen LogP contribution is 2.06. The van der Waals surface area contributed by atoms with Crippen LogP contribution in [0.2, 0.25) is 0 Å². The second kappa shape index (κ2) is 22.6. The van der Waals surface area contributed by atoms with Crippen LogP contribution in [0.5, 0.6) is 0 Å². The van der Waals surface area contributed by atoms with E-state index in [4.69, 9.17) is 10.2 Å². The fourth-order valence-corrected chi connectivity index (χ4v) is 3.09. The van der Waals surface area contributed by atoms with Gasteiger partial charge in [0.05, 0.1) is 0 Å². The van der Waals surface area contributed by atoms with Gasteiger partial charge < -0.3 is 15.5 Å². The molecule has 186 valence electrons. The van der Waals surface area contributed by atoms with Gasteiger partial charge in [-0.05, 0) is 51.4 Å². The molecule has 6 heteroatoms. The Morgan fingerprint density at radius 3 is 1.73 bits per heavy atom. The van der Waals surface area contributed by atoms with E-state index in [1.54, 1.807) is 0 Å². The van der Waals surface area contributed by atoms with Crippen LogP contribution in [0, 0.1) is 0 Å². The van der Waals surface area contributed by atoms with Gasteiger partial charge >= 0.3 is 11.9 Å². The Balaban J connectivity index is 3.72. The van der Waals surface area contributed by atoms with Crippen molar-refractivity contribution >= 4 is 17.8 Å². The summed E-state index contributed by atoms with van der Waals surface area (Å²) in [6, 6.07) is -1.15. The number of rotatable bonds is 21. The molecule has 0 fully saturated rings. The van der Waals surface area contributed by atoms with Crippen LogP contribution in [0.3, 0.4) is 0 Å². The summed E-state index contributed by atoms with van der Waals surface area (Å²) in [6.07, 6.45) is 28.9. The highest BCUT2D eigenvalue weighted by Gasteiger charge is 2.20. The van der Waals surface area contributed by atoms with Crippen LogP contribution in [0.4, 0.5) is 0 Å². The zero-order chi connectivity index (χ0) is 24.6. The van der Waals surface area contributed by atoms with Gasteiger partial charge in [-0.1, -0.05) is 81.2 Å². The highest BCUT2D eigenvalue weighted by molar-refractivity contribution is 5.83. The first-order valence-corrected chi connectivity index (χ1v) is 12.3. The minimum Gasteiger partial charge on any atom is -0.481 e. The van der Waals surface area contributed by atoms with Crippen LogP contribution in [-0.4, -0.2) is 34.1 Å². The quantitative estimate of drug-likeness (QED) is 0.137. The van der Waals surface area contributed by atoms with E-state index in [0.29, 0.717) is 6.42 Å². The molecule has 33 heavy (non-hydrogen) atoms. The number of allylic oxidation sites excluding steroid dienone is 8. The molecule has 1 amide bonds. The number of hydrogen-bond donors (Lipinski definition) is 3. The molecule has 0 saturated heterocycles. The highest BCUT2D eigenvalue weighted by atomic mass is 16.4. The monoisotopic (exact) mass is 461 g/mol. The second-order valence-corrected chi connectivity index (χ2v) is 8.08. The molecule has 0 aromatic rings. The van der Waals surface area contributed by atoms with Crippen LogP contribution in [-0.2, 0) is 14.4 Å². The molecule has 0 aliphatic heterocycles. The van der Waals surface area contributed by atoms with Crippen molar-refractivity contribution in [1.29, 1.82) is 0 Å². The summed E-state index contributed by atoms with van der Waals surface area (Å²) in [4.78, 5) is 33.4. The van der Waals surface area contributed by atoms with Crippen LogP contribution < -0.4 is 5.32 Å². The molecule has 1 atom stereocenters. The van der Waals surface area contributed by atoms with Gasteiger partial charge in [-0.15, -0.1) is 0 Å². The number of carbonyl (C=O) groups excluding carboxylic acids is 1. The van der Waals surface area contributed by atoms with Crippen molar-refractivity contribution in [1.82, 2.24) is 5.32 Å². The van der Waals surface area contributed by atoms with E-state index in [0.717, 1.165) is 25.7 Å². The van der Waals surface area contributed by atoms with E-state index in [1.807, 2.05) is 12.2 Å². The smallest absolute Gasteiger partial charge is 0.326 e. The lowest BCUT2D eigenvalue weighted by Crippen LogP contribution is -2.41. The van der Waals surface area contributed by atoms with Crippen molar-refractivity contribution in [3.63, 3.8) is 0 Å². The van der Waals surface area contributed by atoms with Crippen molar-refractivity contribution in [2.75, 3.05) is 0 Å². The van der Waals surface area contributed by atoms with Crippen molar-refractivity contribution < 1.29 is 24.6 Å². The maximum atomic E-state index is 11.8. The van der Waals surface area contributed by atoms with Gasteiger partial charge in [0.15, 0.2) is 0 Å². The van der Waals surface area contributed by atoms with Gasteiger partial charge in [0.2, 0.25) is 5.91 Å². The number of unbranched alkanes of at least 4 members (excludes halogenated alkanes) is 6. The molecule has 0 saturated carbocycles. The van der Waals surface area contributed by atoms with E-state index >= 15 is 0 Å². The topological polar surface area (TPSA) is 104 Å². The number of carbonyl (C=O) groups is 3. The first-order chi connectivity index (χ1) is 16.0. The third-order valence-corrected chi connectivity index (χ3v) is 5.01. The first-order valence-electron chi connectivity index (χ1n) is 12.3. The minimum absolute atomic E-state index is 0.117. The summed E-state index contributed by atoms with van der Waals surface area (Å²) in [5.74, 6) is -2.66. The Morgan fingerprint density at radius 2 is 1.21 bits per heavy atom. The van der Waals surface area contributed by atoms with Crippen LogP contribution in [0.1, 0.15) is 96.8 Å². The SMILES string of the molecule is CCCCCCCC=CCC=CCC=CCC=CCCCC(=O)NC(CCC(=O)O)C(=O)O. The van der Waals surface area contributed by atoms with Gasteiger partial charge in [0.25, 0.3) is 0 Å². The van der Waals surface area contributed by atoms with Crippen molar-refractivity contribution in [3.05, 3.63) is 48.6 Å². The standard InChI is InChI=1S/C27H43NO5/c1-2-3-4-5-6-7-8-9-10-11-12-13-14-15-16-17-18-19-20-21-25(29)28-24(27(32)33)22-23-26(30)31/h8-9,11-12,14-15,17-18,24H,2-7,10,13,16,19-23H2,1H3,(H,28,29)(H,30,31)(H,32,33). The summed E-state index contributed by atoms with van der Waals surface area (Å²) < 4.78 is 0. The number of carboxylic acids is 2. The Hall–Kier alpha value is -2.63. The predicted molar refractivity (Wildman–Crippen MR) is 134 cm³/mol. The van der Waals surface area contributed by atoms with Crippen molar-refractivity contribution in [2.24, 2.45) is 0 Å². The largest absolute Gasteiger partial charge is 0.481 e. The molecule has 3 N–H and O–H groups in total. The van der Waals surface area contributed by atoms with Gasteiger partial charge in [-0.3, -0.25) is 9.59 Å². The summed E-state index contributed by atoms with van der Waals surface area (Å²) in [5, 5.41) is 20.1. The number of aliphatic carboxylic acids is 2. The molecule has 0 bridgehead atoms. The summed E-state index contributed by atoms with van der Waals surface area (Å²) in [7, 11) is 0. The lowest BCUT2D eigenvalue weighted by Gasteiger charge is -2.13. The summed E-state index contributed by atoms with van der Waals surface area (Å²) in [6.45, 7) is 2.24. The van der Waals surface area contributed by atoms with Crippen LogP contribution in [0.25, 0.3) is 0 Å². The Bertz CT molecular complexity index is 649. The molecule has 1 unspecified atom stereocenters. The first kappa shape index (κ1) is 30.4. The van der Waals surface area contributed by atoms with E-state index < -0.39 is 18.0 Å². The number of nitrogens with one attached hydrogen (secondary N) is 1. The zero-order valence-corrected chi connectivity index (χ0v) is 20.2. The van der Waals surface area contributed by atoms with E-state index in [2.05, 4.69) is 48.7 Å². The molecule has 0 heterocycles. The second-order valence-electron chi connectivity index (χ2n) is 8.08. The zero-order valence-electron chi connectivity index (χ0n) is 20.2. The Labute approximate surface area is 199 Å². The lowest BCUT2D eigenvalue weighted by molar-refractivity contribution is -0.143. The Kier molecular flexibility index (Phi) is 20.8. The molecule has 0 aliphatic carbocycles. The minimum atomic E-state index is -1.21. The molecule has 0 rings (SSSR count). The Morgan fingerprint density at radius 1 is 0.697 bits per heavy atom. The molecular weight excluding hydrogens is 418 g/mol. The molecule has 0 aromatic heterocycles. The summed E-state index contributed by atoms with van der Waals surface area (Å²) >= 11 is 0. The normalized spacial score (nSPS) is 12.9. The molecular formula is C27H43NO5. The molecule has 0 aromatic carbocycles. The maximum Gasteiger partial charge on any atom is 0.326 e. The number of hydrogen-bond acceptors (Lipinski definition) is 3.